The van der Waals surface area contributed by atoms with Gasteiger partial charge in [0, 0.05) is 18.3 Å². The molecule has 0 fully saturated rings. The van der Waals surface area contributed by atoms with Crippen LogP contribution in [0.3, 0.4) is 0 Å². The number of hydrogen-bond acceptors (Lipinski definition) is 2. The molecule has 0 aromatic heterocycles. The summed E-state index contributed by atoms with van der Waals surface area (Å²) in [7, 11) is 0. The van der Waals surface area contributed by atoms with Crippen molar-refractivity contribution in [2.75, 3.05) is 0 Å². The second-order valence-corrected chi connectivity index (χ2v) is 2.69. The van der Waals surface area contributed by atoms with Crippen LogP contribution in [0, 0.1) is 5.41 Å². The summed E-state index contributed by atoms with van der Waals surface area (Å²) < 4.78 is 0. The van der Waals surface area contributed by atoms with Gasteiger partial charge in [-0.15, -0.1) is 0 Å². The first-order valence-electron chi connectivity index (χ1n) is 3.56. The highest BCUT2D eigenvalue weighted by atomic mass is 14.6. The monoisotopic (exact) mass is 148 g/mol. The van der Waals surface area contributed by atoms with Gasteiger partial charge in [0.25, 0.3) is 0 Å². The van der Waals surface area contributed by atoms with Gasteiger partial charge in [0.2, 0.25) is 0 Å². The SMILES string of the molecule is CC1=CC=C(N)CC(C=N)=C1. The third kappa shape index (κ3) is 2.08. The van der Waals surface area contributed by atoms with Gasteiger partial charge in [-0.25, -0.2) is 0 Å². The van der Waals surface area contributed by atoms with Crippen LogP contribution in [0.4, 0.5) is 0 Å². The molecule has 3 N–H and O–H groups in total. The molecule has 2 heteroatoms. The Morgan fingerprint density at radius 2 is 2.27 bits per heavy atom. The maximum atomic E-state index is 7.07. The average Bonchev–Trinajstić information content (AvgIpc) is 2.13. The molecule has 0 radical (unpaired) electrons. The summed E-state index contributed by atoms with van der Waals surface area (Å²) in [4.78, 5) is 0. The van der Waals surface area contributed by atoms with Gasteiger partial charge < -0.3 is 11.1 Å². The molecule has 0 aliphatic heterocycles. The first-order chi connectivity index (χ1) is 5.22. The van der Waals surface area contributed by atoms with Gasteiger partial charge in [-0.3, -0.25) is 0 Å². The molecule has 0 spiro atoms. The molecule has 11 heavy (non-hydrogen) atoms. The third-order valence-corrected chi connectivity index (χ3v) is 1.57. The predicted octanol–water partition coefficient (Wildman–Crippen LogP) is 1.75. The molecule has 1 aliphatic carbocycles. The Morgan fingerprint density at radius 1 is 1.55 bits per heavy atom. The Balaban J connectivity index is 2.95. The lowest BCUT2D eigenvalue weighted by molar-refractivity contribution is 1.14. The molecule has 1 aliphatic rings. The smallest absolute Gasteiger partial charge is 0.0213 e. The van der Waals surface area contributed by atoms with Gasteiger partial charge in [0.1, 0.15) is 0 Å². The van der Waals surface area contributed by atoms with E-state index in [1.54, 1.807) is 0 Å². The Labute approximate surface area is 66.6 Å². The predicted molar refractivity (Wildman–Crippen MR) is 47.5 cm³/mol. The largest absolute Gasteiger partial charge is 0.402 e. The van der Waals surface area contributed by atoms with Crippen LogP contribution in [0.2, 0.25) is 0 Å². The fourth-order valence-corrected chi connectivity index (χ4v) is 1.02. The molecule has 0 heterocycles. The van der Waals surface area contributed by atoms with Crippen LogP contribution in [-0.2, 0) is 0 Å². The van der Waals surface area contributed by atoms with E-state index in [0.29, 0.717) is 6.42 Å². The zero-order valence-corrected chi connectivity index (χ0v) is 6.59. The Kier molecular flexibility index (Phi) is 2.26. The lowest BCUT2D eigenvalue weighted by atomic mass is 10.1. The fourth-order valence-electron chi connectivity index (χ4n) is 1.02. The number of nitrogens with one attached hydrogen (secondary N) is 1. The summed E-state index contributed by atoms with van der Waals surface area (Å²) in [5.74, 6) is 0. The standard InChI is InChI=1S/C9H12N2/c1-7-2-3-9(11)5-8(4-7)6-10/h2-4,6,10H,5,11H2,1H3. The molecular formula is C9H12N2. The first kappa shape index (κ1) is 7.79. The van der Waals surface area contributed by atoms with Crippen molar-refractivity contribution < 1.29 is 0 Å². The van der Waals surface area contributed by atoms with Crippen LogP contribution in [0.25, 0.3) is 0 Å². The molecule has 0 unspecified atom stereocenters. The lowest BCUT2D eigenvalue weighted by Gasteiger charge is -1.97. The van der Waals surface area contributed by atoms with Gasteiger partial charge in [0.15, 0.2) is 0 Å². The van der Waals surface area contributed by atoms with E-state index in [1.807, 2.05) is 25.2 Å². The normalized spacial score (nSPS) is 17.7. The number of hydrogen-bond donors (Lipinski definition) is 2. The van der Waals surface area contributed by atoms with Crippen molar-refractivity contribution in [2.24, 2.45) is 5.73 Å². The minimum absolute atomic E-state index is 0.692. The maximum Gasteiger partial charge on any atom is 0.0213 e. The molecule has 0 atom stereocenters. The van der Waals surface area contributed by atoms with Crippen LogP contribution >= 0.6 is 0 Å². The van der Waals surface area contributed by atoms with Crippen LogP contribution < -0.4 is 5.73 Å². The van der Waals surface area contributed by atoms with Gasteiger partial charge in [-0.1, -0.05) is 17.7 Å². The van der Waals surface area contributed by atoms with E-state index in [2.05, 4.69) is 0 Å². The highest BCUT2D eigenvalue weighted by Gasteiger charge is 1.99. The third-order valence-electron chi connectivity index (χ3n) is 1.57. The molecule has 1 rings (SSSR count). The Bertz CT molecular complexity index is 257. The molecule has 0 bridgehead atoms. The molecule has 0 saturated carbocycles. The van der Waals surface area contributed by atoms with E-state index in [4.69, 9.17) is 11.1 Å². The van der Waals surface area contributed by atoms with E-state index < -0.39 is 0 Å². The minimum Gasteiger partial charge on any atom is -0.402 e. The molecule has 0 amide bonds. The highest BCUT2D eigenvalue weighted by Crippen LogP contribution is 2.12. The van der Waals surface area contributed by atoms with Crippen LogP contribution in [0.5, 0.6) is 0 Å². The fraction of sp³-hybridized carbons (Fsp3) is 0.222. The van der Waals surface area contributed by atoms with Crippen LogP contribution in [-0.4, -0.2) is 6.21 Å². The highest BCUT2D eigenvalue weighted by molar-refractivity contribution is 5.77. The zero-order valence-electron chi connectivity index (χ0n) is 6.59. The quantitative estimate of drug-likeness (QED) is 0.547. The van der Waals surface area contributed by atoms with Gasteiger partial charge in [-0.05, 0) is 18.6 Å². The summed E-state index contributed by atoms with van der Waals surface area (Å²) in [6.45, 7) is 2.00. The molecule has 0 saturated heterocycles. The molecular weight excluding hydrogens is 136 g/mol. The van der Waals surface area contributed by atoms with Crippen LogP contribution in [0.15, 0.2) is 35.1 Å². The van der Waals surface area contributed by atoms with Crippen LogP contribution in [0.1, 0.15) is 13.3 Å². The molecule has 58 valence electrons. The van der Waals surface area contributed by atoms with Crippen molar-refractivity contribution in [1.29, 1.82) is 5.41 Å². The molecule has 0 aromatic carbocycles. The van der Waals surface area contributed by atoms with Crippen molar-refractivity contribution in [3.05, 3.63) is 35.1 Å². The first-order valence-corrected chi connectivity index (χ1v) is 3.56. The minimum atomic E-state index is 0.692. The van der Waals surface area contributed by atoms with Crippen molar-refractivity contribution in [2.45, 2.75) is 13.3 Å². The topological polar surface area (TPSA) is 49.9 Å². The Hall–Kier alpha value is -1.31. The van der Waals surface area contributed by atoms with Crippen molar-refractivity contribution in [3.63, 3.8) is 0 Å². The van der Waals surface area contributed by atoms with Crippen molar-refractivity contribution >= 4 is 6.21 Å². The van der Waals surface area contributed by atoms with E-state index in [1.165, 1.54) is 6.21 Å². The Morgan fingerprint density at radius 3 is 2.91 bits per heavy atom. The number of rotatable bonds is 1. The number of allylic oxidation sites excluding steroid dienone is 5. The molecule has 2 nitrogen and oxygen atoms in total. The summed E-state index contributed by atoms with van der Waals surface area (Å²) >= 11 is 0. The van der Waals surface area contributed by atoms with E-state index in [-0.39, 0.29) is 0 Å². The van der Waals surface area contributed by atoms with E-state index in [0.717, 1.165) is 16.8 Å². The van der Waals surface area contributed by atoms with Crippen molar-refractivity contribution in [1.82, 2.24) is 0 Å². The van der Waals surface area contributed by atoms with Gasteiger partial charge in [-0.2, -0.15) is 0 Å². The molecule has 0 aromatic rings. The average molecular weight is 148 g/mol. The zero-order chi connectivity index (χ0) is 8.27. The van der Waals surface area contributed by atoms with Crippen molar-refractivity contribution in [3.8, 4) is 0 Å². The lowest BCUT2D eigenvalue weighted by Crippen LogP contribution is -1.97. The summed E-state index contributed by atoms with van der Waals surface area (Å²) in [5.41, 5.74) is 8.56. The van der Waals surface area contributed by atoms with Gasteiger partial charge in [0.05, 0.1) is 0 Å². The van der Waals surface area contributed by atoms with Gasteiger partial charge >= 0.3 is 0 Å². The van der Waals surface area contributed by atoms with E-state index in [9.17, 15) is 0 Å². The summed E-state index contributed by atoms with van der Waals surface area (Å²) in [5, 5.41) is 7.07. The second-order valence-electron chi connectivity index (χ2n) is 2.69. The summed E-state index contributed by atoms with van der Waals surface area (Å²) in [6, 6.07) is 0. The second kappa shape index (κ2) is 3.19. The van der Waals surface area contributed by atoms with E-state index >= 15 is 0 Å². The number of nitrogens with two attached hydrogens (primary N) is 1. The summed E-state index contributed by atoms with van der Waals surface area (Å²) in [6.07, 6.45) is 7.87. The maximum absolute atomic E-state index is 7.07.